The first-order chi connectivity index (χ1) is 8.50. The Morgan fingerprint density at radius 3 is 2.67 bits per heavy atom. The predicted octanol–water partition coefficient (Wildman–Crippen LogP) is 2.07. The zero-order chi connectivity index (χ0) is 13.2. The third kappa shape index (κ3) is 3.09. The molecule has 0 aromatic carbocycles. The minimum absolute atomic E-state index is 0.157. The van der Waals surface area contributed by atoms with Gasteiger partial charge in [-0.05, 0) is 31.1 Å². The highest BCUT2D eigenvalue weighted by atomic mass is 16.2. The number of nitrogens with one attached hydrogen (secondary N) is 2. The molecule has 1 aromatic heterocycles. The Bertz CT molecular complexity index is 414. The van der Waals surface area contributed by atoms with E-state index in [4.69, 9.17) is 0 Å². The largest absolute Gasteiger partial charge is 0.347 e. The Morgan fingerprint density at radius 2 is 2.11 bits per heavy atom. The SMILES string of the molecule is CCc1nc(C(=O)NC2CCC(C)(C)CC2)n[nH]1. The van der Waals surface area contributed by atoms with Crippen LogP contribution in [-0.4, -0.2) is 27.1 Å². The van der Waals surface area contributed by atoms with Crippen LogP contribution in [0.2, 0.25) is 0 Å². The van der Waals surface area contributed by atoms with Gasteiger partial charge < -0.3 is 5.32 Å². The summed E-state index contributed by atoms with van der Waals surface area (Å²) in [5, 5.41) is 9.72. The summed E-state index contributed by atoms with van der Waals surface area (Å²) in [6.45, 7) is 6.55. The number of amides is 1. The van der Waals surface area contributed by atoms with Crippen molar-refractivity contribution >= 4 is 5.91 Å². The molecule has 0 saturated heterocycles. The molecule has 1 aromatic rings. The molecular weight excluding hydrogens is 228 g/mol. The molecule has 1 amide bonds. The van der Waals surface area contributed by atoms with E-state index in [-0.39, 0.29) is 17.8 Å². The Labute approximate surface area is 108 Å². The monoisotopic (exact) mass is 250 g/mol. The first-order valence-corrected chi connectivity index (χ1v) is 6.72. The van der Waals surface area contributed by atoms with Crippen molar-refractivity contribution < 1.29 is 4.79 Å². The number of carbonyl (C=O) groups excluding carboxylic acids is 1. The van der Waals surface area contributed by atoms with Crippen LogP contribution in [0.4, 0.5) is 0 Å². The average Bonchev–Trinajstić information content (AvgIpc) is 2.80. The molecule has 1 saturated carbocycles. The minimum atomic E-state index is -0.157. The summed E-state index contributed by atoms with van der Waals surface area (Å²) >= 11 is 0. The summed E-state index contributed by atoms with van der Waals surface area (Å²) < 4.78 is 0. The van der Waals surface area contributed by atoms with Crippen molar-refractivity contribution in [3.8, 4) is 0 Å². The van der Waals surface area contributed by atoms with Crippen LogP contribution in [0.25, 0.3) is 0 Å². The highest BCUT2D eigenvalue weighted by Crippen LogP contribution is 2.34. The van der Waals surface area contributed by atoms with Crippen LogP contribution in [0.3, 0.4) is 0 Å². The molecule has 1 aliphatic carbocycles. The van der Waals surface area contributed by atoms with E-state index in [9.17, 15) is 4.79 Å². The van der Waals surface area contributed by atoms with E-state index in [1.165, 1.54) is 0 Å². The number of rotatable bonds is 3. The molecule has 0 unspecified atom stereocenters. The summed E-state index contributed by atoms with van der Waals surface area (Å²) in [5.74, 6) is 0.859. The number of aromatic nitrogens is 3. The zero-order valence-electron chi connectivity index (χ0n) is 11.4. The van der Waals surface area contributed by atoms with Crippen LogP contribution in [-0.2, 0) is 6.42 Å². The standard InChI is InChI=1S/C13H22N4O/c1-4-10-15-11(17-16-10)12(18)14-9-5-7-13(2,3)8-6-9/h9H,4-8H2,1-3H3,(H,14,18)(H,15,16,17). The third-order valence-electron chi connectivity index (χ3n) is 3.74. The number of aryl methyl sites for hydroxylation is 1. The Kier molecular flexibility index (Phi) is 3.68. The molecule has 100 valence electrons. The average molecular weight is 250 g/mol. The van der Waals surface area contributed by atoms with Gasteiger partial charge in [0.15, 0.2) is 0 Å². The Morgan fingerprint density at radius 1 is 1.44 bits per heavy atom. The van der Waals surface area contributed by atoms with Crippen LogP contribution in [0, 0.1) is 5.41 Å². The van der Waals surface area contributed by atoms with E-state index < -0.39 is 0 Å². The van der Waals surface area contributed by atoms with Gasteiger partial charge in [-0.25, -0.2) is 4.98 Å². The molecule has 0 aliphatic heterocycles. The quantitative estimate of drug-likeness (QED) is 0.862. The summed E-state index contributed by atoms with van der Waals surface area (Å²) in [7, 11) is 0. The molecule has 2 N–H and O–H groups in total. The van der Waals surface area contributed by atoms with Crippen LogP contribution in [0.15, 0.2) is 0 Å². The van der Waals surface area contributed by atoms with E-state index in [1.807, 2.05) is 6.92 Å². The smallest absolute Gasteiger partial charge is 0.291 e. The molecule has 0 bridgehead atoms. The van der Waals surface area contributed by atoms with Crippen LogP contribution >= 0.6 is 0 Å². The normalized spacial score (nSPS) is 19.7. The van der Waals surface area contributed by atoms with Crippen molar-refractivity contribution in [3.63, 3.8) is 0 Å². The topological polar surface area (TPSA) is 70.7 Å². The predicted molar refractivity (Wildman–Crippen MR) is 69.3 cm³/mol. The summed E-state index contributed by atoms with van der Waals surface area (Å²) in [6, 6.07) is 0.272. The molecule has 0 radical (unpaired) electrons. The number of hydrogen-bond acceptors (Lipinski definition) is 3. The van der Waals surface area contributed by atoms with Crippen LogP contribution in [0.5, 0.6) is 0 Å². The van der Waals surface area contributed by atoms with E-state index in [0.29, 0.717) is 5.41 Å². The van der Waals surface area contributed by atoms with Crippen molar-refractivity contribution in [1.29, 1.82) is 0 Å². The summed E-state index contributed by atoms with van der Waals surface area (Å²) in [4.78, 5) is 16.1. The van der Waals surface area contributed by atoms with Gasteiger partial charge in [-0.15, -0.1) is 5.10 Å². The number of hydrogen-bond donors (Lipinski definition) is 2. The molecule has 0 spiro atoms. The molecular formula is C13H22N4O. The number of H-pyrrole nitrogens is 1. The highest BCUT2D eigenvalue weighted by molar-refractivity contribution is 5.90. The fourth-order valence-corrected chi connectivity index (χ4v) is 2.35. The lowest BCUT2D eigenvalue weighted by Crippen LogP contribution is -2.39. The van der Waals surface area contributed by atoms with Crippen molar-refractivity contribution in [3.05, 3.63) is 11.6 Å². The van der Waals surface area contributed by atoms with Gasteiger partial charge in [0, 0.05) is 12.5 Å². The third-order valence-corrected chi connectivity index (χ3v) is 3.74. The Hall–Kier alpha value is -1.39. The van der Waals surface area contributed by atoms with Gasteiger partial charge in [0.25, 0.3) is 5.91 Å². The van der Waals surface area contributed by atoms with Gasteiger partial charge in [-0.3, -0.25) is 9.89 Å². The van der Waals surface area contributed by atoms with Crippen molar-refractivity contribution in [2.75, 3.05) is 0 Å². The molecule has 1 fully saturated rings. The lowest BCUT2D eigenvalue weighted by Gasteiger charge is -2.34. The van der Waals surface area contributed by atoms with E-state index in [2.05, 4.69) is 34.3 Å². The maximum absolute atomic E-state index is 11.9. The summed E-state index contributed by atoms with van der Waals surface area (Å²) in [5.41, 5.74) is 0.418. The minimum Gasteiger partial charge on any atom is -0.347 e. The van der Waals surface area contributed by atoms with Crippen molar-refractivity contribution in [2.24, 2.45) is 5.41 Å². The van der Waals surface area contributed by atoms with E-state index >= 15 is 0 Å². The maximum Gasteiger partial charge on any atom is 0.291 e. The number of carbonyl (C=O) groups is 1. The highest BCUT2D eigenvalue weighted by Gasteiger charge is 2.28. The second-order valence-corrected chi connectivity index (χ2v) is 5.87. The van der Waals surface area contributed by atoms with Crippen molar-refractivity contribution in [1.82, 2.24) is 20.5 Å². The maximum atomic E-state index is 11.9. The van der Waals surface area contributed by atoms with Gasteiger partial charge in [-0.1, -0.05) is 20.8 Å². The lowest BCUT2D eigenvalue weighted by atomic mass is 9.75. The number of aromatic amines is 1. The number of nitrogens with zero attached hydrogens (tertiary/aromatic N) is 2. The van der Waals surface area contributed by atoms with E-state index in [0.717, 1.165) is 37.9 Å². The van der Waals surface area contributed by atoms with Gasteiger partial charge in [0.1, 0.15) is 5.82 Å². The Balaban J connectivity index is 1.88. The molecule has 5 heteroatoms. The molecule has 1 heterocycles. The second kappa shape index (κ2) is 5.08. The summed E-state index contributed by atoms with van der Waals surface area (Å²) in [6.07, 6.45) is 5.17. The van der Waals surface area contributed by atoms with Gasteiger partial charge >= 0.3 is 0 Å². The first-order valence-electron chi connectivity index (χ1n) is 6.72. The van der Waals surface area contributed by atoms with Gasteiger partial charge in [0.05, 0.1) is 0 Å². The first kappa shape index (κ1) is 13.1. The fourth-order valence-electron chi connectivity index (χ4n) is 2.35. The lowest BCUT2D eigenvalue weighted by molar-refractivity contribution is 0.0899. The molecule has 1 aliphatic rings. The van der Waals surface area contributed by atoms with E-state index in [1.54, 1.807) is 0 Å². The molecule has 18 heavy (non-hydrogen) atoms. The van der Waals surface area contributed by atoms with Crippen molar-refractivity contribution in [2.45, 2.75) is 58.9 Å². The zero-order valence-corrected chi connectivity index (χ0v) is 11.4. The molecule has 5 nitrogen and oxygen atoms in total. The molecule has 0 atom stereocenters. The van der Waals surface area contributed by atoms with Crippen LogP contribution in [0.1, 0.15) is 62.9 Å². The molecule has 2 rings (SSSR count). The van der Waals surface area contributed by atoms with Gasteiger partial charge in [-0.2, -0.15) is 0 Å². The van der Waals surface area contributed by atoms with Gasteiger partial charge in [0.2, 0.25) is 5.82 Å². The van der Waals surface area contributed by atoms with Crippen LogP contribution < -0.4 is 5.32 Å². The second-order valence-electron chi connectivity index (χ2n) is 5.87. The fraction of sp³-hybridized carbons (Fsp3) is 0.769.